The van der Waals surface area contributed by atoms with Crippen molar-refractivity contribution in [1.29, 1.82) is 0 Å². The monoisotopic (exact) mass is 370 g/mol. The molecule has 6 heteroatoms. The Balaban J connectivity index is 1.83. The predicted octanol–water partition coefficient (Wildman–Crippen LogP) is 3.74. The van der Waals surface area contributed by atoms with Crippen molar-refractivity contribution >= 4 is 17.6 Å². The van der Waals surface area contributed by atoms with Crippen LogP contribution in [0.4, 0.5) is 10.1 Å². The van der Waals surface area contributed by atoms with Gasteiger partial charge < -0.3 is 16.0 Å². The molecule has 2 aromatic carbocycles. The molecule has 0 aliphatic carbocycles. The highest BCUT2D eigenvalue weighted by atomic mass is 19.1. The van der Waals surface area contributed by atoms with Gasteiger partial charge in [-0.25, -0.2) is 4.39 Å². The Morgan fingerprint density at radius 3 is 2.26 bits per heavy atom. The number of anilines is 1. The lowest BCUT2D eigenvalue weighted by atomic mass is 10.1. The second-order valence-electron chi connectivity index (χ2n) is 6.36. The number of benzene rings is 2. The van der Waals surface area contributed by atoms with Crippen LogP contribution >= 0.6 is 0 Å². The molecular weight excluding hydrogens is 343 g/mol. The van der Waals surface area contributed by atoms with Crippen LogP contribution in [0.2, 0.25) is 0 Å². The first-order chi connectivity index (χ1) is 13.0. The van der Waals surface area contributed by atoms with Crippen LogP contribution in [-0.4, -0.2) is 18.9 Å². The number of guanidine groups is 1. The predicted molar refractivity (Wildman–Crippen MR) is 108 cm³/mol. The number of carbonyl (C=O) groups is 1. The SMILES string of the molecule is CCCC(=O)Nc1ccc(CNC(=NC)NCc2ccc(C)c(F)c2)cc1. The van der Waals surface area contributed by atoms with Crippen LogP contribution in [-0.2, 0) is 17.9 Å². The van der Waals surface area contributed by atoms with E-state index in [1.165, 1.54) is 6.07 Å². The fourth-order valence-electron chi connectivity index (χ4n) is 2.49. The molecule has 0 heterocycles. The van der Waals surface area contributed by atoms with Crippen molar-refractivity contribution in [3.8, 4) is 0 Å². The second-order valence-corrected chi connectivity index (χ2v) is 6.36. The molecule has 0 spiro atoms. The number of rotatable bonds is 7. The van der Waals surface area contributed by atoms with Crippen LogP contribution in [0, 0.1) is 12.7 Å². The van der Waals surface area contributed by atoms with Gasteiger partial charge in [-0.1, -0.05) is 31.2 Å². The molecule has 2 rings (SSSR count). The van der Waals surface area contributed by atoms with E-state index >= 15 is 0 Å². The Morgan fingerprint density at radius 1 is 1.04 bits per heavy atom. The summed E-state index contributed by atoms with van der Waals surface area (Å²) < 4.78 is 13.6. The lowest BCUT2D eigenvalue weighted by Crippen LogP contribution is -2.36. The van der Waals surface area contributed by atoms with Crippen molar-refractivity contribution in [3.05, 3.63) is 65.0 Å². The maximum Gasteiger partial charge on any atom is 0.224 e. The van der Waals surface area contributed by atoms with Crippen molar-refractivity contribution in [2.24, 2.45) is 4.99 Å². The summed E-state index contributed by atoms with van der Waals surface area (Å²) in [5.74, 6) is 0.459. The summed E-state index contributed by atoms with van der Waals surface area (Å²) in [6.07, 6.45) is 1.35. The third-order valence-corrected chi connectivity index (χ3v) is 4.09. The molecule has 0 aromatic heterocycles. The molecule has 1 amide bonds. The van der Waals surface area contributed by atoms with Crippen LogP contribution < -0.4 is 16.0 Å². The smallest absolute Gasteiger partial charge is 0.224 e. The molecule has 144 valence electrons. The molecule has 5 nitrogen and oxygen atoms in total. The quantitative estimate of drug-likeness (QED) is 0.514. The van der Waals surface area contributed by atoms with E-state index in [9.17, 15) is 9.18 Å². The van der Waals surface area contributed by atoms with E-state index < -0.39 is 0 Å². The summed E-state index contributed by atoms with van der Waals surface area (Å²) in [5.41, 5.74) is 3.35. The van der Waals surface area contributed by atoms with Crippen molar-refractivity contribution in [2.45, 2.75) is 39.8 Å². The van der Waals surface area contributed by atoms with Crippen molar-refractivity contribution in [1.82, 2.24) is 10.6 Å². The Kier molecular flexibility index (Phi) is 7.79. The minimum Gasteiger partial charge on any atom is -0.352 e. The van der Waals surface area contributed by atoms with E-state index in [0.29, 0.717) is 31.0 Å². The van der Waals surface area contributed by atoms with E-state index in [4.69, 9.17) is 0 Å². The maximum atomic E-state index is 13.6. The lowest BCUT2D eigenvalue weighted by Gasteiger charge is -2.13. The van der Waals surface area contributed by atoms with Crippen molar-refractivity contribution in [3.63, 3.8) is 0 Å². The largest absolute Gasteiger partial charge is 0.352 e. The molecule has 0 saturated heterocycles. The van der Waals surface area contributed by atoms with Gasteiger partial charge in [0.15, 0.2) is 5.96 Å². The standard InChI is InChI=1S/C21H27FN4O/c1-4-5-20(27)26-18-10-8-16(9-11-18)13-24-21(23-3)25-14-17-7-6-15(2)19(22)12-17/h6-12H,4-5,13-14H2,1-3H3,(H,26,27)(H2,23,24,25). The first kappa shape index (κ1) is 20.4. The topological polar surface area (TPSA) is 65.5 Å². The minimum absolute atomic E-state index is 0.0283. The summed E-state index contributed by atoms with van der Waals surface area (Å²) in [6.45, 7) is 4.79. The third kappa shape index (κ3) is 6.73. The Bertz CT molecular complexity index is 787. The van der Waals surface area contributed by atoms with Gasteiger partial charge in [-0.2, -0.15) is 0 Å². The van der Waals surface area contributed by atoms with Gasteiger partial charge in [0.1, 0.15) is 5.82 Å². The summed E-state index contributed by atoms with van der Waals surface area (Å²) >= 11 is 0. The average molecular weight is 370 g/mol. The number of aryl methyl sites for hydroxylation is 1. The number of hydrogen-bond acceptors (Lipinski definition) is 2. The highest BCUT2D eigenvalue weighted by molar-refractivity contribution is 5.90. The van der Waals surface area contributed by atoms with Gasteiger partial charge in [-0.15, -0.1) is 0 Å². The fourth-order valence-corrected chi connectivity index (χ4v) is 2.49. The molecule has 0 radical (unpaired) electrons. The van der Waals surface area contributed by atoms with E-state index in [1.54, 1.807) is 20.0 Å². The third-order valence-electron chi connectivity index (χ3n) is 4.09. The van der Waals surface area contributed by atoms with E-state index in [2.05, 4.69) is 20.9 Å². The number of nitrogens with zero attached hydrogens (tertiary/aromatic N) is 1. The van der Waals surface area contributed by atoms with Gasteiger partial charge in [0.25, 0.3) is 0 Å². The van der Waals surface area contributed by atoms with Gasteiger partial charge >= 0.3 is 0 Å². The zero-order valence-corrected chi connectivity index (χ0v) is 16.1. The second kappa shape index (κ2) is 10.3. The first-order valence-corrected chi connectivity index (χ1v) is 9.10. The molecule has 0 bridgehead atoms. The van der Waals surface area contributed by atoms with Gasteiger partial charge in [-0.3, -0.25) is 9.79 Å². The number of aliphatic imine (C=N–C) groups is 1. The van der Waals surface area contributed by atoms with Crippen LogP contribution in [0.15, 0.2) is 47.5 Å². The number of carbonyl (C=O) groups excluding carboxylic acids is 1. The van der Waals surface area contributed by atoms with Crippen LogP contribution in [0.5, 0.6) is 0 Å². The molecule has 2 aromatic rings. The molecule has 3 N–H and O–H groups in total. The fraction of sp³-hybridized carbons (Fsp3) is 0.333. The Labute approximate surface area is 160 Å². The molecule has 0 saturated carbocycles. The molecule has 0 atom stereocenters. The zero-order chi connectivity index (χ0) is 19.6. The van der Waals surface area contributed by atoms with Crippen molar-refractivity contribution in [2.75, 3.05) is 12.4 Å². The van der Waals surface area contributed by atoms with E-state index in [-0.39, 0.29) is 11.7 Å². The molecule has 0 unspecified atom stereocenters. The van der Waals surface area contributed by atoms with Crippen LogP contribution in [0.25, 0.3) is 0 Å². The first-order valence-electron chi connectivity index (χ1n) is 9.10. The van der Waals surface area contributed by atoms with Crippen LogP contribution in [0.3, 0.4) is 0 Å². The lowest BCUT2D eigenvalue weighted by molar-refractivity contribution is -0.116. The summed E-state index contributed by atoms with van der Waals surface area (Å²) in [4.78, 5) is 15.8. The zero-order valence-electron chi connectivity index (χ0n) is 16.1. The summed E-state index contributed by atoms with van der Waals surface area (Å²) in [5, 5.41) is 9.26. The van der Waals surface area contributed by atoms with E-state index in [0.717, 1.165) is 23.2 Å². The number of amides is 1. The van der Waals surface area contributed by atoms with Gasteiger partial charge in [-0.05, 0) is 48.2 Å². The maximum absolute atomic E-state index is 13.6. The summed E-state index contributed by atoms with van der Waals surface area (Å²) in [6, 6.07) is 12.9. The highest BCUT2D eigenvalue weighted by Gasteiger charge is 2.03. The van der Waals surface area contributed by atoms with Gasteiger partial charge in [0, 0.05) is 32.2 Å². The Morgan fingerprint density at radius 2 is 1.67 bits per heavy atom. The number of halogens is 1. The average Bonchev–Trinajstić information content (AvgIpc) is 2.66. The molecule has 0 aliphatic heterocycles. The molecule has 0 fully saturated rings. The van der Waals surface area contributed by atoms with Gasteiger partial charge in [0.2, 0.25) is 5.91 Å². The summed E-state index contributed by atoms with van der Waals surface area (Å²) in [7, 11) is 1.69. The van der Waals surface area contributed by atoms with Crippen molar-refractivity contribution < 1.29 is 9.18 Å². The minimum atomic E-state index is -0.205. The van der Waals surface area contributed by atoms with Gasteiger partial charge in [0.05, 0.1) is 0 Å². The molecular formula is C21H27FN4O. The number of nitrogens with one attached hydrogen (secondary N) is 3. The van der Waals surface area contributed by atoms with E-state index in [1.807, 2.05) is 37.3 Å². The van der Waals surface area contributed by atoms with Crippen LogP contribution in [0.1, 0.15) is 36.5 Å². The molecule has 27 heavy (non-hydrogen) atoms. The molecule has 0 aliphatic rings. The highest BCUT2D eigenvalue weighted by Crippen LogP contribution is 2.11. The number of hydrogen-bond donors (Lipinski definition) is 3. The normalized spacial score (nSPS) is 11.2. The Hall–Kier alpha value is -2.89.